The third kappa shape index (κ3) is 3.28. The Labute approximate surface area is 133 Å². The molecule has 0 saturated carbocycles. The van der Waals surface area contributed by atoms with Crippen molar-refractivity contribution in [1.82, 2.24) is 0 Å². The Balaban J connectivity index is 1.90. The van der Waals surface area contributed by atoms with E-state index in [1.54, 1.807) is 0 Å². The van der Waals surface area contributed by atoms with Crippen molar-refractivity contribution in [2.24, 2.45) is 0 Å². The van der Waals surface area contributed by atoms with Crippen molar-refractivity contribution in [3.8, 4) is 0 Å². The summed E-state index contributed by atoms with van der Waals surface area (Å²) in [6, 6.07) is 26.1. The van der Waals surface area contributed by atoms with Crippen LogP contribution in [0.25, 0.3) is 0 Å². The van der Waals surface area contributed by atoms with Crippen LogP contribution in [0.3, 0.4) is 0 Å². The van der Waals surface area contributed by atoms with Gasteiger partial charge in [0.25, 0.3) is 0 Å². The van der Waals surface area contributed by atoms with Crippen molar-refractivity contribution in [3.05, 3.63) is 106 Å². The molecule has 3 rings (SSSR count). The standard InChI is InChI=1S/C22H22/c1-17-9-8-14-20(18(17)2)16-22-13-7-6-12-21(22)15-19-10-4-3-5-11-19/h3-14H,15-16H2,1-2H3. The van der Waals surface area contributed by atoms with E-state index in [1.807, 2.05) is 0 Å². The molecule has 0 unspecified atom stereocenters. The first kappa shape index (κ1) is 14.6. The zero-order chi connectivity index (χ0) is 15.4. The fourth-order valence-electron chi connectivity index (χ4n) is 2.93. The first-order chi connectivity index (χ1) is 10.7. The molecule has 0 aliphatic carbocycles. The van der Waals surface area contributed by atoms with Crippen LogP contribution in [0.1, 0.15) is 33.4 Å². The number of hydrogen-bond donors (Lipinski definition) is 0. The third-order valence-electron chi connectivity index (χ3n) is 4.45. The minimum Gasteiger partial charge on any atom is -0.0622 e. The lowest BCUT2D eigenvalue weighted by molar-refractivity contribution is 1.07. The van der Waals surface area contributed by atoms with Crippen LogP contribution in [0.2, 0.25) is 0 Å². The Hall–Kier alpha value is -2.34. The van der Waals surface area contributed by atoms with E-state index in [0.29, 0.717) is 0 Å². The SMILES string of the molecule is Cc1cccc(Cc2ccccc2Cc2ccccc2)c1C. The summed E-state index contributed by atoms with van der Waals surface area (Å²) in [7, 11) is 0. The second-order valence-electron chi connectivity index (χ2n) is 5.97. The van der Waals surface area contributed by atoms with E-state index in [2.05, 4.69) is 86.6 Å². The van der Waals surface area contributed by atoms with E-state index in [0.717, 1.165) is 12.8 Å². The van der Waals surface area contributed by atoms with Gasteiger partial charge in [0.05, 0.1) is 0 Å². The maximum Gasteiger partial charge on any atom is -0.00202 e. The van der Waals surface area contributed by atoms with E-state index in [4.69, 9.17) is 0 Å². The Morgan fingerprint density at radius 1 is 0.545 bits per heavy atom. The second-order valence-corrected chi connectivity index (χ2v) is 5.97. The van der Waals surface area contributed by atoms with Crippen LogP contribution in [0.15, 0.2) is 72.8 Å². The van der Waals surface area contributed by atoms with Crippen molar-refractivity contribution < 1.29 is 0 Å². The fraction of sp³-hybridized carbons (Fsp3) is 0.182. The average molecular weight is 286 g/mol. The molecule has 0 aromatic heterocycles. The van der Waals surface area contributed by atoms with Crippen LogP contribution in [0.4, 0.5) is 0 Å². The predicted molar refractivity (Wildman–Crippen MR) is 94.4 cm³/mol. The summed E-state index contributed by atoms with van der Waals surface area (Å²) in [5, 5.41) is 0. The van der Waals surface area contributed by atoms with E-state index < -0.39 is 0 Å². The number of hydrogen-bond acceptors (Lipinski definition) is 0. The quantitative estimate of drug-likeness (QED) is 0.595. The van der Waals surface area contributed by atoms with Gasteiger partial charge < -0.3 is 0 Å². The van der Waals surface area contributed by atoms with Crippen LogP contribution >= 0.6 is 0 Å². The molecule has 0 aliphatic heterocycles. The first-order valence-electron chi connectivity index (χ1n) is 7.90. The van der Waals surface area contributed by atoms with Gasteiger partial charge in [-0.1, -0.05) is 72.8 Å². The highest BCUT2D eigenvalue weighted by Gasteiger charge is 2.07. The molecule has 0 spiro atoms. The van der Waals surface area contributed by atoms with Gasteiger partial charge in [-0.25, -0.2) is 0 Å². The van der Waals surface area contributed by atoms with Crippen LogP contribution in [-0.2, 0) is 12.8 Å². The van der Waals surface area contributed by atoms with Crippen LogP contribution in [0.5, 0.6) is 0 Å². The molecule has 110 valence electrons. The van der Waals surface area contributed by atoms with Gasteiger partial charge in [0.15, 0.2) is 0 Å². The highest BCUT2D eigenvalue weighted by atomic mass is 14.1. The number of rotatable bonds is 4. The minimum absolute atomic E-state index is 1.00. The fourth-order valence-corrected chi connectivity index (χ4v) is 2.93. The molecule has 3 aromatic rings. The van der Waals surface area contributed by atoms with Gasteiger partial charge in [0.1, 0.15) is 0 Å². The third-order valence-corrected chi connectivity index (χ3v) is 4.45. The van der Waals surface area contributed by atoms with Gasteiger partial charge in [-0.2, -0.15) is 0 Å². The molecule has 0 saturated heterocycles. The normalized spacial score (nSPS) is 10.6. The van der Waals surface area contributed by atoms with Gasteiger partial charge in [-0.05, 0) is 60.1 Å². The Bertz CT molecular complexity index is 754. The lowest BCUT2D eigenvalue weighted by Gasteiger charge is -2.13. The van der Waals surface area contributed by atoms with E-state index in [1.165, 1.54) is 33.4 Å². The topological polar surface area (TPSA) is 0 Å². The maximum atomic E-state index is 2.26. The van der Waals surface area contributed by atoms with Gasteiger partial charge in [0.2, 0.25) is 0 Å². The van der Waals surface area contributed by atoms with Gasteiger partial charge in [-0.3, -0.25) is 0 Å². The molecule has 0 fully saturated rings. The zero-order valence-corrected chi connectivity index (χ0v) is 13.3. The lowest BCUT2D eigenvalue weighted by Crippen LogP contribution is -1.99. The van der Waals surface area contributed by atoms with Crippen molar-refractivity contribution >= 4 is 0 Å². The minimum atomic E-state index is 1.00. The molecule has 0 heteroatoms. The maximum absolute atomic E-state index is 2.26. The molecule has 0 nitrogen and oxygen atoms in total. The molecule has 0 aliphatic rings. The summed E-state index contributed by atoms with van der Waals surface area (Å²) in [6.45, 7) is 4.42. The summed E-state index contributed by atoms with van der Waals surface area (Å²) in [4.78, 5) is 0. The second kappa shape index (κ2) is 6.62. The van der Waals surface area contributed by atoms with Gasteiger partial charge in [0, 0.05) is 0 Å². The van der Waals surface area contributed by atoms with Crippen LogP contribution in [0, 0.1) is 13.8 Å². The summed E-state index contributed by atoms with van der Waals surface area (Å²) in [5.41, 5.74) is 8.45. The summed E-state index contributed by atoms with van der Waals surface area (Å²) >= 11 is 0. The summed E-state index contributed by atoms with van der Waals surface area (Å²) in [5.74, 6) is 0. The highest BCUT2D eigenvalue weighted by molar-refractivity contribution is 5.40. The smallest absolute Gasteiger partial charge is 0.00202 e. The van der Waals surface area contributed by atoms with E-state index in [9.17, 15) is 0 Å². The van der Waals surface area contributed by atoms with E-state index in [-0.39, 0.29) is 0 Å². The van der Waals surface area contributed by atoms with Crippen LogP contribution in [-0.4, -0.2) is 0 Å². The molecule has 0 radical (unpaired) electrons. The average Bonchev–Trinajstić information content (AvgIpc) is 2.55. The van der Waals surface area contributed by atoms with Gasteiger partial charge >= 0.3 is 0 Å². The monoisotopic (exact) mass is 286 g/mol. The Morgan fingerprint density at radius 3 is 1.86 bits per heavy atom. The number of benzene rings is 3. The summed E-state index contributed by atoms with van der Waals surface area (Å²) in [6.07, 6.45) is 2.01. The van der Waals surface area contributed by atoms with Crippen molar-refractivity contribution in [3.63, 3.8) is 0 Å². The lowest BCUT2D eigenvalue weighted by atomic mass is 9.92. The number of aryl methyl sites for hydroxylation is 1. The summed E-state index contributed by atoms with van der Waals surface area (Å²) < 4.78 is 0. The molecule has 22 heavy (non-hydrogen) atoms. The van der Waals surface area contributed by atoms with Crippen LogP contribution < -0.4 is 0 Å². The molecule has 0 heterocycles. The van der Waals surface area contributed by atoms with Crippen molar-refractivity contribution in [1.29, 1.82) is 0 Å². The molecule has 0 N–H and O–H groups in total. The highest BCUT2D eigenvalue weighted by Crippen LogP contribution is 2.21. The van der Waals surface area contributed by atoms with E-state index >= 15 is 0 Å². The Kier molecular flexibility index (Phi) is 4.39. The zero-order valence-electron chi connectivity index (χ0n) is 13.3. The molecule has 0 bridgehead atoms. The Morgan fingerprint density at radius 2 is 1.14 bits per heavy atom. The molecular formula is C22H22. The largest absolute Gasteiger partial charge is 0.0622 e. The van der Waals surface area contributed by atoms with Crippen molar-refractivity contribution in [2.75, 3.05) is 0 Å². The molecule has 3 aromatic carbocycles. The van der Waals surface area contributed by atoms with Crippen molar-refractivity contribution in [2.45, 2.75) is 26.7 Å². The molecule has 0 atom stereocenters. The van der Waals surface area contributed by atoms with Gasteiger partial charge in [-0.15, -0.1) is 0 Å². The first-order valence-corrected chi connectivity index (χ1v) is 7.90. The predicted octanol–water partition coefficient (Wildman–Crippen LogP) is 5.49. The molecular weight excluding hydrogens is 264 g/mol. The molecule has 0 amide bonds.